The van der Waals surface area contributed by atoms with Gasteiger partial charge in [0, 0.05) is 32.2 Å². The number of nitrogens with one attached hydrogen (secondary N) is 1. The summed E-state index contributed by atoms with van der Waals surface area (Å²) in [5.74, 6) is 1.18. The summed E-state index contributed by atoms with van der Waals surface area (Å²) in [4.78, 5) is 16.6. The summed E-state index contributed by atoms with van der Waals surface area (Å²) in [6.45, 7) is 7.11. The molecule has 2 aliphatic rings. The topological polar surface area (TPSA) is 61.6 Å². The molecule has 3 heterocycles. The highest BCUT2D eigenvalue weighted by Gasteiger charge is 2.29. The molecule has 0 aromatic carbocycles. The van der Waals surface area contributed by atoms with Gasteiger partial charge < -0.3 is 14.7 Å². The van der Waals surface area contributed by atoms with Crippen LogP contribution in [0.25, 0.3) is 0 Å². The molecule has 126 valence electrons. The van der Waals surface area contributed by atoms with Crippen LogP contribution in [-0.2, 0) is 11.3 Å². The van der Waals surface area contributed by atoms with Crippen LogP contribution in [0.2, 0.25) is 0 Å². The number of aromatic nitrogens is 1. The van der Waals surface area contributed by atoms with E-state index in [-0.39, 0.29) is 36.8 Å². The normalized spacial score (nSPS) is 22.0. The first-order valence-electron chi connectivity index (χ1n) is 7.39. The van der Waals surface area contributed by atoms with Crippen molar-refractivity contribution >= 4 is 30.7 Å². The Morgan fingerprint density at radius 3 is 2.64 bits per heavy atom. The SMILES string of the molecule is Cc1cc(CN2CCN(C(=O)[C@@H]3CCCN3)CC2)on1.Cl.Cl. The van der Waals surface area contributed by atoms with E-state index in [9.17, 15) is 4.79 Å². The fourth-order valence-electron chi connectivity index (χ4n) is 2.95. The van der Waals surface area contributed by atoms with Gasteiger partial charge in [0.1, 0.15) is 0 Å². The van der Waals surface area contributed by atoms with Gasteiger partial charge in [-0.1, -0.05) is 5.16 Å². The number of amides is 1. The van der Waals surface area contributed by atoms with Crippen molar-refractivity contribution in [1.29, 1.82) is 0 Å². The molecular formula is C14H24Cl2N4O2. The van der Waals surface area contributed by atoms with Crippen molar-refractivity contribution in [2.24, 2.45) is 0 Å². The summed E-state index contributed by atoms with van der Waals surface area (Å²) in [6, 6.07) is 2.03. The smallest absolute Gasteiger partial charge is 0.239 e. The summed E-state index contributed by atoms with van der Waals surface area (Å²) in [5.41, 5.74) is 0.918. The van der Waals surface area contributed by atoms with Gasteiger partial charge in [-0.15, -0.1) is 24.8 Å². The summed E-state index contributed by atoms with van der Waals surface area (Å²) in [7, 11) is 0. The van der Waals surface area contributed by atoms with Crippen molar-refractivity contribution in [2.45, 2.75) is 32.4 Å². The third-order valence-corrected chi connectivity index (χ3v) is 4.10. The summed E-state index contributed by atoms with van der Waals surface area (Å²) < 4.78 is 5.24. The van der Waals surface area contributed by atoms with Gasteiger partial charge in [-0.25, -0.2) is 0 Å². The number of carbonyl (C=O) groups excluding carboxylic acids is 1. The molecule has 0 bridgehead atoms. The van der Waals surface area contributed by atoms with Gasteiger partial charge >= 0.3 is 0 Å². The molecule has 6 nitrogen and oxygen atoms in total. The van der Waals surface area contributed by atoms with E-state index in [1.54, 1.807) is 0 Å². The van der Waals surface area contributed by atoms with E-state index >= 15 is 0 Å². The van der Waals surface area contributed by atoms with Crippen LogP contribution in [0.1, 0.15) is 24.3 Å². The first kappa shape index (κ1) is 19.2. The predicted molar refractivity (Wildman–Crippen MR) is 88.6 cm³/mol. The molecule has 0 aliphatic carbocycles. The van der Waals surface area contributed by atoms with Crippen molar-refractivity contribution in [3.8, 4) is 0 Å². The highest BCUT2D eigenvalue weighted by Crippen LogP contribution is 2.13. The minimum Gasteiger partial charge on any atom is -0.360 e. The lowest BCUT2D eigenvalue weighted by Gasteiger charge is -2.35. The Balaban J connectivity index is 0.00000121. The molecule has 1 atom stereocenters. The minimum atomic E-state index is 0. The number of halogens is 2. The summed E-state index contributed by atoms with van der Waals surface area (Å²) in [6.07, 6.45) is 2.09. The van der Waals surface area contributed by atoms with Crippen LogP contribution in [-0.4, -0.2) is 59.6 Å². The van der Waals surface area contributed by atoms with Crippen LogP contribution in [0, 0.1) is 6.92 Å². The molecule has 2 aliphatic heterocycles. The van der Waals surface area contributed by atoms with E-state index in [0.717, 1.165) is 63.6 Å². The quantitative estimate of drug-likeness (QED) is 0.887. The molecule has 0 unspecified atom stereocenters. The van der Waals surface area contributed by atoms with Crippen molar-refractivity contribution in [1.82, 2.24) is 20.3 Å². The van der Waals surface area contributed by atoms with Crippen LogP contribution in [0.15, 0.2) is 10.6 Å². The number of rotatable bonds is 3. The van der Waals surface area contributed by atoms with Gasteiger partial charge in [-0.05, 0) is 26.3 Å². The van der Waals surface area contributed by atoms with Gasteiger partial charge in [0.25, 0.3) is 0 Å². The van der Waals surface area contributed by atoms with Crippen molar-refractivity contribution in [2.75, 3.05) is 32.7 Å². The number of nitrogens with zero attached hydrogens (tertiary/aromatic N) is 3. The van der Waals surface area contributed by atoms with Gasteiger partial charge in [0.15, 0.2) is 5.76 Å². The number of aryl methyl sites for hydroxylation is 1. The third kappa shape index (κ3) is 4.59. The van der Waals surface area contributed by atoms with E-state index in [2.05, 4.69) is 15.4 Å². The van der Waals surface area contributed by atoms with Crippen molar-refractivity contribution in [3.05, 3.63) is 17.5 Å². The van der Waals surface area contributed by atoms with Crippen LogP contribution >= 0.6 is 24.8 Å². The van der Waals surface area contributed by atoms with Gasteiger partial charge in [0.05, 0.1) is 18.3 Å². The summed E-state index contributed by atoms with van der Waals surface area (Å²) >= 11 is 0. The maximum absolute atomic E-state index is 12.3. The number of hydrogen-bond acceptors (Lipinski definition) is 5. The maximum Gasteiger partial charge on any atom is 0.239 e. The number of piperazine rings is 1. The zero-order chi connectivity index (χ0) is 13.9. The predicted octanol–water partition coefficient (Wildman–Crippen LogP) is 1.22. The largest absolute Gasteiger partial charge is 0.360 e. The van der Waals surface area contributed by atoms with Crippen LogP contribution in [0.3, 0.4) is 0 Å². The van der Waals surface area contributed by atoms with Gasteiger partial charge in [-0.3, -0.25) is 9.69 Å². The summed E-state index contributed by atoms with van der Waals surface area (Å²) in [5, 5.41) is 7.18. The zero-order valence-corrected chi connectivity index (χ0v) is 14.4. The molecular weight excluding hydrogens is 327 g/mol. The Kier molecular flexibility index (Phi) is 7.62. The second-order valence-electron chi connectivity index (χ2n) is 5.68. The van der Waals surface area contributed by atoms with Crippen LogP contribution < -0.4 is 5.32 Å². The fraction of sp³-hybridized carbons (Fsp3) is 0.714. The lowest BCUT2D eigenvalue weighted by atomic mass is 10.2. The second kappa shape index (κ2) is 8.72. The van der Waals surface area contributed by atoms with E-state index in [1.807, 2.05) is 17.9 Å². The van der Waals surface area contributed by atoms with E-state index < -0.39 is 0 Å². The van der Waals surface area contributed by atoms with Crippen LogP contribution in [0.4, 0.5) is 0 Å². The molecule has 1 amide bonds. The third-order valence-electron chi connectivity index (χ3n) is 4.10. The molecule has 1 N–H and O–H groups in total. The molecule has 0 saturated carbocycles. The molecule has 3 rings (SSSR count). The van der Waals surface area contributed by atoms with Gasteiger partial charge in [-0.2, -0.15) is 0 Å². The number of hydrogen-bond donors (Lipinski definition) is 1. The highest BCUT2D eigenvalue weighted by atomic mass is 35.5. The standard InChI is InChI=1S/C14H22N4O2.2ClH/c1-11-9-12(20-16-11)10-17-5-7-18(8-6-17)14(19)13-3-2-4-15-13;;/h9,13,15H,2-8,10H2,1H3;2*1H/t13-;;/m0../s1. The Morgan fingerprint density at radius 2 is 2.09 bits per heavy atom. The molecule has 1 aromatic heterocycles. The lowest BCUT2D eigenvalue weighted by molar-refractivity contribution is -0.134. The Morgan fingerprint density at radius 1 is 1.36 bits per heavy atom. The van der Waals surface area contributed by atoms with E-state index in [4.69, 9.17) is 4.52 Å². The second-order valence-corrected chi connectivity index (χ2v) is 5.68. The van der Waals surface area contributed by atoms with Crippen molar-refractivity contribution in [3.63, 3.8) is 0 Å². The lowest BCUT2D eigenvalue weighted by Crippen LogP contribution is -2.52. The molecule has 2 saturated heterocycles. The average molecular weight is 351 g/mol. The van der Waals surface area contributed by atoms with Crippen LogP contribution in [0.5, 0.6) is 0 Å². The molecule has 0 spiro atoms. The Hall–Kier alpha value is -0.820. The highest BCUT2D eigenvalue weighted by molar-refractivity contribution is 5.85. The molecule has 0 radical (unpaired) electrons. The maximum atomic E-state index is 12.3. The molecule has 2 fully saturated rings. The average Bonchev–Trinajstić information content (AvgIpc) is 3.11. The number of carbonyl (C=O) groups is 1. The van der Waals surface area contributed by atoms with Crippen molar-refractivity contribution < 1.29 is 9.32 Å². The molecule has 22 heavy (non-hydrogen) atoms. The fourth-order valence-corrected chi connectivity index (χ4v) is 2.95. The van der Waals surface area contributed by atoms with E-state index in [0.29, 0.717) is 0 Å². The van der Waals surface area contributed by atoms with E-state index in [1.165, 1.54) is 0 Å². The zero-order valence-electron chi connectivity index (χ0n) is 12.8. The molecule has 8 heteroatoms. The first-order chi connectivity index (χ1) is 9.72. The monoisotopic (exact) mass is 350 g/mol. The first-order valence-corrected chi connectivity index (χ1v) is 7.39. The Bertz CT molecular complexity index is 469. The minimum absolute atomic E-state index is 0. The molecule has 1 aromatic rings. The van der Waals surface area contributed by atoms with Gasteiger partial charge in [0.2, 0.25) is 5.91 Å². The Labute approximate surface area is 143 Å².